The molecule has 1 N–H and O–H groups in total. The molecule has 0 heterocycles. The predicted molar refractivity (Wildman–Crippen MR) is 66.0 cm³/mol. The zero-order valence-corrected chi connectivity index (χ0v) is 9.89. The maximum Gasteiger partial charge on any atom is 0.162 e. The largest absolute Gasteiger partial charge is 0.396 e. The molecule has 0 atom stereocenters. The van der Waals surface area contributed by atoms with Crippen LogP contribution >= 0.6 is 0 Å². The third-order valence-electron chi connectivity index (χ3n) is 2.57. The van der Waals surface area contributed by atoms with Crippen molar-refractivity contribution in [2.24, 2.45) is 0 Å². The highest BCUT2D eigenvalue weighted by molar-refractivity contribution is 5.96. The lowest BCUT2D eigenvalue weighted by Gasteiger charge is -2.01. The van der Waals surface area contributed by atoms with Crippen molar-refractivity contribution >= 4 is 11.6 Å². The van der Waals surface area contributed by atoms with E-state index in [0.717, 1.165) is 0 Å². The van der Waals surface area contributed by atoms with Gasteiger partial charge in [0, 0.05) is 31.4 Å². The number of carbonyl (C=O) groups is 2. The summed E-state index contributed by atoms with van der Waals surface area (Å²) in [6.45, 7) is 0.0503. The monoisotopic (exact) mass is 234 g/mol. The Morgan fingerprint density at radius 2 is 1.59 bits per heavy atom. The lowest BCUT2D eigenvalue weighted by Crippen LogP contribution is -2.03. The van der Waals surface area contributed by atoms with Gasteiger partial charge in [-0.15, -0.1) is 0 Å². The quantitative estimate of drug-likeness (QED) is 0.703. The van der Waals surface area contributed by atoms with Gasteiger partial charge in [-0.25, -0.2) is 0 Å². The Hall–Kier alpha value is -1.48. The van der Waals surface area contributed by atoms with Crippen molar-refractivity contribution in [3.63, 3.8) is 0 Å². The van der Waals surface area contributed by atoms with E-state index in [1.165, 1.54) is 0 Å². The summed E-state index contributed by atoms with van der Waals surface area (Å²) in [6, 6.07) is 9.11. The SMILES string of the molecule is O=C(CCCO)CCCC(=O)c1ccccc1. The van der Waals surface area contributed by atoms with Crippen LogP contribution in [0.5, 0.6) is 0 Å². The Bertz CT molecular complexity index is 357. The molecule has 0 saturated carbocycles. The van der Waals surface area contributed by atoms with Gasteiger partial charge in [0.1, 0.15) is 5.78 Å². The number of hydrogen-bond acceptors (Lipinski definition) is 3. The lowest BCUT2D eigenvalue weighted by atomic mass is 10.0. The smallest absolute Gasteiger partial charge is 0.162 e. The third kappa shape index (κ3) is 5.41. The molecule has 3 heteroatoms. The van der Waals surface area contributed by atoms with Gasteiger partial charge in [-0.2, -0.15) is 0 Å². The van der Waals surface area contributed by atoms with E-state index in [4.69, 9.17) is 5.11 Å². The van der Waals surface area contributed by atoms with E-state index in [9.17, 15) is 9.59 Å². The fourth-order valence-electron chi connectivity index (χ4n) is 1.62. The summed E-state index contributed by atoms with van der Waals surface area (Å²) in [4.78, 5) is 23.0. The van der Waals surface area contributed by atoms with E-state index in [1.54, 1.807) is 12.1 Å². The van der Waals surface area contributed by atoms with Crippen LogP contribution in [-0.4, -0.2) is 23.3 Å². The summed E-state index contributed by atoms with van der Waals surface area (Å²) in [7, 11) is 0. The molecule has 1 aromatic carbocycles. The summed E-state index contributed by atoms with van der Waals surface area (Å²) < 4.78 is 0. The van der Waals surface area contributed by atoms with E-state index in [0.29, 0.717) is 37.7 Å². The maximum absolute atomic E-state index is 11.7. The fourth-order valence-corrected chi connectivity index (χ4v) is 1.62. The van der Waals surface area contributed by atoms with Crippen LogP contribution in [0.15, 0.2) is 30.3 Å². The molecular weight excluding hydrogens is 216 g/mol. The first-order chi connectivity index (χ1) is 8.24. The van der Waals surface area contributed by atoms with E-state index in [-0.39, 0.29) is 18.2 Å². The van der Waals surface area contributed by atoms with Gasteiger partial charge in [0.2, 0.25) is 0 Å². The van der Waals surface area contributed by atoms with Gasteiger partial charge < -0.3 is 5.11 Å². The molecule has 1 rings (SSSR count). The van der Waals surface area contributed by atoms with Crippen molar-refractivity contribution in [2.75, 3.05) is 6.61 Å². The second-order valence-electron chi connectivity index (χ2n) is 4.01. The molecule has 0 aliphatic heterocycles. The molecule has 3 nitrogen and oxygen atoms in total. The van der Waals surface area contributed by atoms with Crippen LogP contribution in [0.25, 0.3) is 0 Å². The van der Waals surface area contributed by atoms with Crippen LogP contribution in [0.3, 0.4) is 0 Å². The highest BCUT2D eigenvalue weighted by Gasteiger charge is 2.07. The van der Waals surface area contributed by atoms with Gasteiger partial charge in [-0.3, -0.25) is 9.59 Å². The van der Waals surface area contributed by atoms with Gasteiger partial charge >= 0.3 is 0 Å². The topological polar surface area (TPSA) is 54.4 Å². The molecule has 1 aromatic rings. The van der Waals surface area contributed by atoms with Crippen LogP contribution in [0.4, 0.5) is 0 Å². The summed E-state index contributed by atoms with van der Waals surface area (Å²) in [5.74, 6) is 0.209. The molecular formula is C14H18O3. The number of rotatable bonds is 8. The van der Waals surface area contributed by atoms with Gasteiger partial charge in [0.25, 0.3) is 0 Å². The average molecular weight is 234 g/mol. The molecule has 0 amide bonds. The Balaban J connectivity index is 2.23. The number of hydrogen-bond donors (Lipinski definition) is 1. The molecule has 0 bridgehead atoms. The van der Waals surface area contributed by atoms with E-state index in [2.05, 4.69) is 0 Å². The second kappa shape index (κ2) is 7.74. The van der Waals surface area contributed by atoms with Gasteiger partial charge in [-0.1, -0.05) is 30.3 Å². The maximum atomic E-state index is 11.7. The van der Waals surface area contributed by atoms with Crippen molar-refractivity contribution in [2.45, 2.75) is 32.1 Å². The molecule has 0 fully saturated rings. The van der Waals surface area contributed by atoms with Crippen LogP contribution < -0.4 is 0 Å². The number of ketones is 2. The molecule has 0 aliphatic rings. The molecule has 0 aromatic heterocycles. The number of Topliss-reactive ketones (excluding diaryl/α,β-unsaturated/α-hetero) is 2. The Labute approximate surface area is 101 Å². The van der Waals surface area contributed by atoms with Gasteiger partial charge in [0.05, 0.1) is 0 Å². The van der Waals surface area contributed by atoms with Gasteiger partial charge in [-0.05, 0) is 12.8 Å². The molecule has 0 spiro atoms. The zero-order valence-electron chi connectivity index (χ0n) is 9.89. The molecule has 17 heavy (non-hydrogen) atoms. The minimum Gasteiger partial charge on any atom is -0.396 e. The zero-order chi connectivity index (χ0) is 12.5. The standard InChI is InChI=1S/C14H18O3/c15-11-5-9-13(16)8-4-10-14(17)12-6-2-1-3-7-12/h1-3,6-7,15H,4-5,8-11H2. The van der Waals surface area contributed by atoms with Crippen molar-refractivity contribution in [1.29, 1.82) is 0 Å². The Morgan fingerprint density at radius 3 is 2.24 bits per heavy atom. The van der Waals surface area contributed by atoms with Crippen molar-refractivity contribution in [3.05, 3.63) is 35.9 Å². The van der Waals surface area contributed by atoms with E-state index >= 15 is 0 Å². The molecule has 0 aliphatic carbocycles. The van der Waals surface area contributed by atoms with Crippen LogP contribution in [0, 0.1) is 0 Å². The summed E-state index contributed by atoms with van der Waals surface area (Å²) in [5.41, 5.74) is 0.704. The first-order valence-corrected chi connectivity index (χ1v) is 5.95. The van der Waals surface area contributed by atoms with Crippen molar-refractivity contribution in [1.82, 2.24) is 0 Å². The lowest BCUT2D eigenvalue weighted by molar-refractivity contribution is -0.119. The molecule has 0 radical (unpaired) electrons. The number of aliphatic hydroxyl groups is 1. The van der Waals surface area contributed by atoms with Crippen molar-refractivity contribution in [3.8, 4) is 0 Å². The van der Waals surface area contributed by atoms with E-state index in [1.807, 2.05) is 18.2 Å². The predicted octanol–water partition coefficient (Wildman–Crippen LogP) is 2.38. The molecule has 92 valence electrons. The first-order valence-electron chi connectivity index (χ1n) is 5.95. The minimum atomic E-state index is 0.0503. The highest BCUT2D eigenvalue weighted by Crippen LogP contribution is 2.08. The number of benzene rings is 1. The van der Waals surface area contributed by atoms with Crippen LogP contribution in [0.1, 0.15) is 42.5 Å². The van der Waals surface area contributed by atoms with Gasteiger partial charge in [0.15, 0.2) is 5.78 Å². The van der Waals surface area contributed by atoms with E-state index < -0.39 is 0 Å². The Morgan fingerprint density at radius 1 is 0.941 bits per heavy atom. The van der Waals surface area contributed by atoms with Crippen molar-refractivity contribution < 1.29 is 14.7 Å². The number of carbonyl (C=O) groups excluding carboxylic acids is 2. The normalized spacial score (nSPS) is 10.2. The summed E-state index contributed by atoms with van der Waals surface area (Å²) in [5, 5.41) is 8.57. The summed E-state index contributed by atoms with van der Waals surface area (Å²) >= 11 is 0. The molecule has 0 saturated heterocycles. The fraction of sp³-hybridized carbons (Fsp3) is 0.429. The first kappa shape index (κ1) is 13.6. The Kier molecular flexibility index (Phi) is 6.18. The average Bonchev–Trinajstić information content (AvgIpc) is 2.37. The summed E-state index contributed by atoms with van der Waals surface area (Å²) in [6.07, 6.45) is 2.37. The van der Waals surface area contributed by atoms with Crippen LogP contribution in [0.2, 0.25) is 0 Å². The second-order valence-corrected chi connectivity index (χ2v) is 4.01. The van der Waals surface area contributed by atoms with Crippen LogP contribution in [-0.2, 0) is 4.79 Å². The minimum absolute atomic E-state index is 0.0503. The molecule has 0 unspecified atom stereocenters. The highest BCUT2D eigenvalue weighted by atomic mass is 16.3. The number of aliphatic hydroxyl groups excluding tert-OH is 1. The third-order valence-corrected chi connectivity index (χ3v) is 2.57.